The van der Waals surface area contributed by atoms with Crippen LogP contribution in [0.1, 0.15) is 12.5 Å². The minimum Gasteiger partial charge on any atom is -0.312 e. The van der Waals surface area contributed by atoms with E-state index in [9.17, 15) is 9.59 Å². The maximum Gasteiger partial charge on any atom is 0.231 e. The number of para-hydroxylation sites is 2. The van der Waals surface area contributed by atoms with Gasteiger partial charge in [0.25, 0.3) is 0 Å². The molecular weight excluding hydrogens is 324 g/mol. The number of carbonyl (C=O) groups excluding carboxylic acids is 2. The highest BCUT2D eigenvalue weighted by Crippen LogP contribution is 2.34. The Balaban J connectivity index is 1.77. The van der Waals surface area contributed by atoms with E-state index in [1.54, 1.807) is 9.80 Å². The Morgan fingerprint density at radius 1 is 0.962 bits per heavy atom. The first-order valence-electron chi connectivity index (χ1n) is 8.77. The van der Waals surface area contributed by atoms with Crippen molar-refractivity contribution in [3.63, 3.8) is 0 Å². The minimum atomic E-state index is -0.256. The van der Waals surface area contributed by atoms with Gasteiger partial charge in [0.05, 0.1) is 23.8 Å². The first-order valence-corrected chi connectivity index (χ1v) is 8.77. The lowest BCUT2D eigenvalue weighted by molar-refractivity contribution is -0.121. The number of amides is 2. The van der Waals surface area contributed by atoms with Gasteiger partial charge in [0.2, 0.25) is 12.3 Å². The van der Waals surface area contributed by atoms with E-state index in [2.05, 4.69) is 30.3 Å². The summed E-state index contributed by atoms with van der Waals surface area (Å²) in [6.45, 7) is 2.75. The van der Waals surface area contributed by atoms with Crippen molar-refractivity contribution in [1.29, 1.82) is 0 Å². The van der Waals surface area contributed by atoms with Gasteiger partial charge in [-0.05, 0) is 34.5 Å². The number of anilines is 2. The number of fused-ring (bicyclic) bond motifs is 2. The third-order valence-corrected chi connectivity index (χ3v) is 4.92. The third-order valence-electron chi connectivity index (χ3n) is 4.92. The predicted molar refractivity (Wildman–Crippen MR) is 104 cm³/mol. The summed E-state index contributed by atoms with van der Waals surface area (Å²) in [4.78, 5) is 28.0. The van der Waals surface area contributed by atoms with Gasteiger partial charge >= 0.3 is 0 Å². The van der Waals surface area contributed by atoms with Crippen molar-refractivity contribution in [1.82, 2.24) is 0 Å². The van der Waals surface area contributed by atoms with E-state index in [1.807, 2.05) is 43.3 Å². The molecular formula is C22H20N2O2. The Labute approximate surface area is 152 Å². The van der Waals surface area contributed by atoms with E-state index in [1.165, 1.54) is 5.39 Å². The topological polar surface area (TPSA) is 40.6 Å². The van der Waals surface area contributed by atoms with Gasteiger partial charge in [-0.25, -0.2) is 0 Å². The minimum absolute atomic E-state index is 0.0370. The molecule has 3 aromatic carbocycles. The summed E-state index contributed by atoms with van der Waals surface area (Å²) in [6.07, 6.45) is 0.808. The summed E-state index contributed by atoms with van der Waals surface area (Å²) in [6, 6.07) is 22.1. The molecule has 1 aliphatic rings. The Kier molecular flexibility index (Phi) is 4.17. The first kappa shape index (κ1) is 16.3. The van der Waals surface area contributed by atoms with Crippen molar-refractivity contribution in [2.75, 3.05) is 16.3 Å². The lowest BCUT2D eigenvalue weighted by atomic mass is 10.1. The lowest BCUT2D eigenvalue weighted by Gasteiger charge is -2.24. The standard InChI is InChI=1S/C22H20N2O2/c1-16-13-23(15-25)20-8-4-5-9-21(20)24(22(16)26)14-17-10-11-18-6-2-3-7-19(18)12-17/h2-12,15-16H,13-14H2,1H3. The fourth-order valence-electron chi connectivity index (χ4n) is 3.57. The average Bonchev–Trinajstić information content (AvgIpc) is 2.78. The summed E-state index contributed by atoms with van der Waals surface area (Å²) >= 11 is 0. The molecule has 0 fully saturated rings. The maximum atomic E-state index is 13.0. The number of rotatable bonds is 3. The van der Waals surface area contributed by atoms with Crippen LogP contribution in [-0.4, -0.2) is 18.9 Å². The molecule has 0 radical (unpaired) electrons. The zero-order valence-electron chi connectivity index (χ0n) is 14.6. The van der Waals surface area contributed by atoms with Crippen molar-refractivity contribution < 1.29 is 9.59 Å². The summed E-state index contributed by atoms with van der Waals surface area (Å²) < 4.78 is 0. The number of hydrogen-bond acceptors (Lipinski definition) is 2. The van der Waals surface area contributed by atoms with Gasteiger partial charge in [0.15, 0.2) is 0 Å². The van der Waals surface area contributed by atoms with Crippen LogP contribution in [0.5, 0.6) is 0 Å². The molecule has 0 aliphatic carbocycles. The molecule has 1 atom stereocenters. The largest absolute Gasteiger partial charge is 0.312 e. The van der Waals surface area contributed by atoms with Gasteiger partial charge in [-0.15, -0.1) is 0 Å². The molecule has 1 heterocycles. The summed E-state index contributed by atoms with van der Waals surface area (Å²) in [5.74, 6) is -0.219. The van der Waals surface area contributed by atoms with E-state index in [0.29, 0.717) is 13.1 Å². The second-order valence-corrected chi connectivity index (χ2v) is 6.75. The van der Waals surface area contributed by atoms with E-state index in [0.717, 1.165) is 28.7 Å². The summed E-state index contributed by atoms with van der Waals surface area (Å²) in [5.41, 5.74) is 2.63. The molecule has 4 rings (SSSR count). The Bertz CT molecular complexity index is 983. The molecule has 0 saturated heterocycles. The van der Waals surface area contributed by atoms with Crippen LogP contribution < -0.4 is 9.80 Å². The number of carbonyl (C=O) groups is 2. The highest BCUT2D eigenvalue weighted by molar-refractivity contribution is 6.02. The molecule has 2 amide bonds. The first-order chi connectivity index (χ1) is 12.7. The van der Waals surface area contributed by atoms with Gasteiger partial charge in [0, 0.05) is 6.54 Å². The zero-order valence-corrected chi connectivity index (χ0v) is 14.6. The fourth-order valence-corrected chi connectivity index (χ4v) is 3.57. The van der Waals surface area contributed by atoms with Crippen LogP contribution in [0.2, 0.25) is 0 Å². The van der Waals surface area contributed by atoms with Crippen LogP contribution in [0.3, 0.4) is 0 Å². The van der Waals surface area contributed by atoms with Crippen molar-refractivity contribution in [2.45, 2.75) is 13.5 Å². The van der Waals surface area contributed by atoms with Crippen molar-refractivity contribution in [3.05, 3.63) is 72.3 Å². The molecule has 0 spiro atoms. The molecule has 4 nitrogen and oxygen atoms in total. The second kappa shape index (κ2) is 6.64. The second-order valence-electron chi connectivity index (χ2n) is 6.75. The molecule has 0 N–H and O–H groups in total. The van der Waals surface area contributed by atoms with Crippen molar-refractivity contribution in [3.8, 4) is 0 Å². The molecule has 26 heavy (non-hydrogen) atoms. The van der Waals surface area contributed by atoms with Crippen LogP contribution in [0.15, 0.2) is 66.7 Å². The maximum absolute atomic E-state index is 13.0. The van der Waals surface area contributed by atoms with Gasteiger partial charge in [-0.3, -0.25) is 9.59 Å². The van der Waals surface area contributed by atoms with E-state index in [4.69, 9.17) is 0 Å². The van der Waals surface area contributed by atoms with E-state index >= 15 is 0 Å². The monoisotopic (exact) mass is 344 g/mol. The molecule has 0 saturated carbocycles. The van der Waals surface area contributed by atoms with Gasteiger partial charge in [-0.2, -0.15) is 0 Å². The normalized spacial score (nSPS) is 17.1. The SMILES string of the molecule is CC1CN(C=O)c2ccccc2N(Cc2ccc3ccccc3c2)C1=O. The van der Waals surface area contributed by atoms with Crippen molar-refractivity contribution in [2.24, 2.45) is 5.92 Å². The van der Waals surface area contributed by atoms with Crippen LogP contribution in [0.25, 0.3) is 10.8 Å². The smallest absolute Gasteiger partial charge is 0.231 e. The lowest BCUT2D eigenvalue weighted by Crippen LogP contribution is -2.36. The molecule has 4 heteroatoms. The molecule has 1 aliphatic heterocycles. The van der Waals surface area contributed by atoms with Gasteiger partial charge in [0.1, 0.15) is 0 Å². The third kappa shape index (κ3) is 2.84. The average molecular weight is 344 g/mol. The van der Waals surface area contributed by atoms with Crippen LogP contribution >= 0.6 is 0 Å². The van der Waals surface area contributed by atoms with Crippen LogP contribution in [0.4, 0.5) is 11.4 Å². The number of nitrogens with zero attached hydrogens (tertiary/aromatic N) is 2. The number of hydrogen-bond donors (Lipinski definition) is 0. The Morgan fingerprint density at radius 3 is 2.42 bits per heavy atom. The molecule has 0 aromatic heterocycles. The number of benzene rings is 3. The molecule has 3 aromatic rings. The fraction of sp³-hybridized carbons (Fsp3) is 0.182. The summed E-state index contributed by atoms with van der Waals surface area (Å²) in [5, 5.41) is 2.34. The van der Waals surface area contributed by atoms with Crippen LogP contribution in [-0.2, 0) is 16.1 Å². The van der Waals surface area contributed by atoms with Gasteiger partial charge in [-0.1, -0.05) is 55.5 Å². The highest BCUT2D eigenvalue weighted by atomic mass is 16.2. The van der Waals surface area contributed by atoms with Gasteiger partial charge < -0.3 is 9.80 Å². The summed E-state index contributed by atoms with van der Waals surface area (Å²) in [7, 11) is 0. The molecule has 1 unspecified atom stereocenters. The Morgan fingerprint density at radius 2 is 1.65 bits per heavy atom. The van der Waals surface area contributed by atoms with E-state index < -0.39 is 0 Å². The van der Waals surface area contributed by atoms with Crippen molar-refractivity contribution >= 4 is 34.5 Å². The highest BCUT2D eigenvalue weighted by Gasteiger charge is 2.30. The molecule has 0 bridgehead atoms. The zero-order chi connectivity index (χ0) is 18.1. The van der Waals surface area contributed by atoms with E-state index in [-0.39, 0.29) is 11.8 Å². The Hall–Kier alpha value is -3.14. The quantitative estimate of drug-likeness (QED) is 0.674. The predicted octanol–water partition coefficient (Wildman–Crippen LogP) is 3.99. The van der Waals surface area contributed by atoms with Crippen LogP contribution in [0, 0.1) is 5.92 Å². The molecule has 130 valence electrons.